The Balaban J connectivity index is 1.56. The zero-order valence-electron chi connectivity index (χ0n) is 15.4. The van der Waals surface area contributed by atoms with Gasteiger partial charge in [-0.2, -0.15) is 0 Å². The van der Waals surface area contributed by atoms with Gasteiger partial charge in [0, 0.05) is 32.1 Å². The van der Waals surface area contributed by atoms with Gasteiger partial charge in [0.1, 0.15) is 0 Å². The second kappa shape index (κ2) is 8.22. The van der Waals surface area contributed by atoms with Gasteiger partial charge in [-0.15, -0.1) is 0 Å². The third-order valence-electron chi connectivity index (χ3n) is 5.55. The minimum absolute atomic E-state index is 0.0941. The molecule has 0 aliphatic carbocycles. The van der Waals surface area contributed by atoms with Crippen LogP contribution in [-0.2, 0) is 11.3 Å². The van der Waals surface area contributed by atoms with Gasteiger partial charge in [-0.05, 0) is 50.0 Å². The summed E-state index contributed by atoms with van der Waals surface area (Å²) in [7, 11) is 1.80. The molecule has 26 heavy (non-hydrogen) atoms. The molecule has 0 radical (unpaired) electrons. The van der Waals surface area contributed by atoms with Crippen LogP contribution in [0.4, 0.5) is 0 Å². The Labute approximate surface area is 155 Å². The number of hydrogen-bond donors (Lipinski definition) is 2. The molecule has 1 amide bonds. The molecule has 5 nitrogen and oxygen atoms in total. The van der Waals surface area contributed by atoms with Gasteiger partial charge >= 0.3 is 0 Å². The molecule has 1 aromatic rings. The minimum atomic E-state index is -0.399. The predicted octanol–water partition coefficient (Wildman–Crippen LogP) is 1.23. The first kappa shape index (κ1) is 18.9. The van der Waals surface area contributed by atoms with Crippen molar-refractivity contribution in [1.82, 2.24) is 9.80 Å². The molecule has 0 aromatic heterocycles. The number of hydrogen-bond acceptors (Lipinski definition) is 4. The van der Waals surface area contributed by atoms with E-state index < -0.39 is 6.10 Å². The first-order valence-electron chi connectivity index (χ1n) is 9.37. The lowest BCUT2D eigenvalue weighted by Gasteiger charge is -2.47. The second-order valence-electron chi connectivity index (χ2n) is 7.57. The Morgan fingerprint density at radius 1 is 1.23 bits per heavy atom. The maximum atomic E-state index is 12.6. The zero-order valence-corrected chi connectivity index (χ0v) is 15.4. The Morgan fingerprint density at radius 3 is 2.58 bits per heavy atom. The van der Waals surface area contributed by atoms with Crippen LogP contribution in [0.5, 0.6) is 0 Å². The minimum Gasteiger partial charge on any atom is -0.395 e. The number of benzene rings is 1. The molecule has 2 heterocycles. The molecule has 1 spiro atoms. The second-order valence-corrected chi connectivity index (χ2v) is 7.57. The first-order chi connectivity index (χ1) is 12.5. The zero-order chi connectivity index (χ0) is 18.6. The number of amides is 1. The van der Waals surface area contributed by atoms with Crippen molar-refractivity contribution >= 4 is 5.91 Å². The molecule has 140 valence electrons. The Bertz CT molecular complexity index is 681. The summed E-state index contributed by atoms with van der Waals surface area (Å²) in [6, 6.07) is 8.22. The van der Waals surface area contributed by atoms with Crippen LogP contribution in [0, 0.1) is 17.3 Å². The van der Waals surface area contributed by atoms with E-state index in [1.54, 1.807) is 11.9 Å². The standard InChI is InChI=1S/C21H28N2O3/c1-22-16-19(25)14-21(20(22)26)9-11-23(12-10-21)15-18-7-5-17(6-8-18)4-2-3-13-24/h5-8,19,24-25H,3,9-16H2,1H3. The van der Waals surface area contributed by atoms with Crippen LogP contribution in [0.15, 0.2) is 24.3 Å². The van der Waals surface area contributed by atoms with Gasteiger partial charge in [0.05, 0.1) is 18.1 Å². The molecule has 2 aliphatic heterocycles. The van der Waals surface area contributed by atoms with E-state index in [0.29, 0.717) is 19.4 Å². The Hall–Kier alpha value is -1.87. The molecule has 2 N–H and O–H groups in total. The van der Waals surface area contributed by atoms with E-state index in [-0.39, 0.29) is 17.9 Å². The summed E-state index contributed by atoms with van der Waals surface area (Å²) in [6.45, 7) is 3.18. The summed E-state index contributed by atoms with van der Waals surface area (Å²) in [5.41, 5.74) is 1.83. The van der Waals surface area contributed by atoms with E-state index in [1.165, 1.54) is 5.56 Å². The van der Waals surface area contributed by atoms with E-state index in [9.17, 15) is 9.90 Å². The Morgan fingerprint density at radius 2 is 1.92 bits per heavy atom. The van der Waals surface area contributed by atoms with Gasteiger partial charge in [-0.3, -0.25) is 9.69 Å². The Kier molecular flexibility index (Phi) is 5.98. The molecule has 1 atom stereocenters. The number of β-amino-alcohol motifs (C(OH)–C–C–N with tert-alkyl or cyclic N) is 1. The van der Waals surface area contributed by atoms with Crippen LogP contribution in [0.3, 0.4) is 0 Å². The SMILES string of the molecule is CN1CC(O)CC2(CCN(Cc3ccc(C#CCCO)cc3)CC2)C1=O. The molecule has 0 bridgehead atoms. The number of likely N-dealkylation sites (tertiary alicyclic amines) is 2. The maximum absolute atomic E-state index is 12.6. The number of rotatable bonds is 3. The highest BCUT2D eigenvalue weighted by molar-refractivity contribution is 5.83. The van der Waals surface area contributed by atoms with Gasteiger partial charge in [0.25, 0.3) is 0 Å². The van der Waals surface area contributed by atoms with Crippen molar-refractivity contribution in [2.75, 3.05) is 33.3 Å². The van der Waals surface area contributed by atoms with Crippen molar-refractivity contribution in [3.8, 4) is 11.8 Å². The fourth-order valence-electron chi connectivity index (χ4n) is 4.14. The molecule has 5 heteroatoms. The lowest BCUT2D eigenvalue weighted by Crippen LogP contribution is -2.56. The van der Waals surface area contributed by atoms with Gasteiger partial charge in [0.2, 0.25) is 5.91 Å². The van der Waals surface area contributed by atoms with Crippen LogP contribution in [0.2, 0.25) is 0 Å². The summed E-state index contributed by atoms with van der Waals surface area (Å²) in [5.74, 6) is 6.17. The van der Waals surface area contributed by atoms with Crippen LogP contribution in [0.1, 0.15) is 36.8 Å². The molecule has 2 saturated heterocycles. The van der Waals surface area contributed by atoms with Crippen molar-refractivity contribution in [1.29, 1.82) is 0 Å². The monoisotopic (exact) mass is 356 g/mol. The maximum Gasteiger partial charge on any atom is 0.228 e. The van der Waals surface area contributed by atoms with E-state index in [0.717, 1.165) is 38.0 Å². The number of nitrogens with zero attached hydrogens (tertiary/aromatic N) is 2. The van der Waals surface area contributed by atoms with E-state index >= 15 is 0 Å². The normalized spacial score (nSPS) is 23.0. The predicted molar refractivity (Wildman–Crippen MR) is 100 cm³/mol. The number of likely N-dealkylation sites (N-methyl/N-ethyl adjacent to an activating group) is 1. The smallest absolute Gasteiger partial charge is 0.228 e. The highest BCUT2D eigenvalue weighted by Crippen LogP contribution is 2.40. The van der Waals surface area contributed by atoms with Gasteiger partial charge in [-0.25, -0.2) is 0 Å². The van der Waals surface area contributed by atoms with Crippen molar-refractivity contribution in [2.45, 2.75) is 38.3 Å². The van der Waals surface area contributed by atoms with Crippen LogP contribution in [-0.4, -0.2) is 65.3 Å². The summed E-state index contributed by atoms with van der Waals surface area (Å²) < 4.78 is 0. The van der Waals surface area contributed by atoms with E-state index in [4.69, 9.17) is 5.11 Å². The average molecular weight is 356 g/mol. The van der Waals surface area contributed by atoms with Crippen molar-refractivity contribution in [3.63, 3.8) is 0 Å². The molecule has 2 fully saturated rings. The topological polar surface area (TPSA) is 64.0 Å². The van der Waals surface area contributed by atoms with Gasteiger partial charge in [-0.1, -0.05) is 24.0 Å². The van der Waals surface area contributed by atoms with Crippen molar-refractivity contribution in [3.05, 3.63) is 35.4 Å². The lowest BCUT2D eigenvalue weighted by atomic mass is 9.71. The molecule has 0 saturated carbocycles. The van der Waals surface area contributed by atoms with Gasteiger partial charge < -0.3 is 15.1 Å². The van der Waals surface area contributed by atoms with Gasteiger partial charge in [0.15, 0.2) is 0 Å². The first-order valence-corrected chi connectivity index (χ1v) is 9.37. The number of aliphatic hydroxyl groups is 2. The molecule has 1 aromatic carbocycles. The number of carbonyl (C=O) groups is 1. The summed E-state index contributed by atoms with van der Waals surface area (Å²) in [5, 5.41) is 18.8. The third kappa shape index (κ3) is 4.27. The molecular weight excluding hydrogens is 328 g/mol. The fraction of sp³-hybridized carbons (Fsp3) is 0.571. The van der Waals surface area contributed by atoms with Crippen LogP contribution < -0.4 is 0 Å². The van der Waals surface area contributed by atoms with Crippen molar-refractivity contribution < 1.29 is 15.0 Å². The summed E-state index contributed by atoms with van der Waals surface area (Å²) in [6.07, 6.45) is 2.34. The van der Waals surface area contributed by atoms with E-state index in [1.807, 2.05) is 12.1 Å². The molecule has 1 unspecified atom stereocenters. The number of aliphatic hydroxyl groups excluding tert-OH is 2. The summed E-state index contributed by atoms with van der Waals surface area (Å²) in [4.78, 5) is 16.7. The van der Waals surface area contributed by atoms with Crippen molar-refractivity contribution in [2.24, 2.45) is 5.41 Å². The quantitative estimate of drug-likeness (QED) is 0.800. The van der Waals surface area contributed by atoms with Crippen LogP contribution >= 0.6 is 0 Å². The lowest BCUT2D eigenvalue weighted by molar-refractivity contribution is -0.154. The highest BCUT2D eigenvalue weighted by Gasteiger charge is 2.47. The molecule has 2 aliphatic rings. The van der Waals surface area contributed by atoms with Crippen LogP contribution in [0.25, 0.3) is 0 Å². The number of carbonyl (C=O) groups excluding carboxylic acids is 1. The third-order valence-corrected chi connectivity index (χ3v) is 5.55. The fourth-order valence-corrected chi connectivity index (χ4v) is 4.14. The number of piperidine rings is 2. The molecular formula is C21H28N2O3. The largest absolute Gasteiger partial charge is 0.395 e. The average Bonchev–Trinajstić information content (AvgIpc) is 2.63. The van der Waals surface area contributed by atoms with E-state index in [2.05, 4.69) is 28.9 Å². The highest BCUT2D eigenvalue weighted by atomic mass is 16.3. The molecule has 3 rings (SSSR count). The summed E-state index contributed by atoms with van der Waals surface area (Å²) >= 11 is 0.